The maximum atomic E-state index is 12.3. The quantitative estimate of drug-likeness (QED) is 0.908. The molecule has 114 valence electrons. The van der Waals surface area contributed by atoms with Crippen molar-refractivity contribution >= 4 is 33.1 Å². The molecule has 0 radical (unpaired) electrons. The molecule has 2 aromatic heterocycles. The molecule has 4 nitrogen and oxygen atoms in total. The molecule has 2 rings (SSSR count). The SMILES string of the molecule is Cc1cc(C)c2c(N)c(C(=O)NCC(C)C(C)C)sc2n1. The molecule has 1 atom stereocenters. The molecule has 0 bridgehead atoms. The average molecular weight is 305 g/mol. The van der Waals surface area contributed by atoms with Crippen LogP contribution in [0.25, 0.3) is 10.2 Å². The van der Waals surface area contributed by atoms with Crippen LogP contribution in [0.4, 0.5) is 5.69 Å². The molecule has 0 aliphatic heterocycles. The van der Waals surface area contributed by atoms with Gasteiger partial charge in [0.25, 0.3) is 5.91 Å². The first-order valence-electron chi connectivity index (χ1n) is 7.25. The van der Waals surface area contributed by atoms with Crippen LogP contribution in [-0.2, 0) is 0 Å². The van der Waals surface area contributed by atoms with Crippen molar-refractivity contribution < 1.29 is 4.79 Å². The number of hydrogen-bond acceptors (Lipinski definition) is 4. The monoisotopic (exact) mass is 305 g/mol. The van der Waals surface area contributed by atoms with Gasteiger partial charge in [-0.3, -0.25) is 4.79 Å². The number of carbonyl (C=O) groups is 1. The summed E-state index contributed by atoms with van der Waals surface area (Å²) in [5.41, 5.74) is 8.73. The Morgan fingerprint density at radius 2 is 2.05 bits per heavy atom. The van der Waals surface area contributed by atoms with E-state index < -0.39 is 0 Å². The van der Waals surface area contributed by atoms with Gasteiger partial charge in [-0.05, 0) is 37.3 Å². The van der Waals surface area contributed by atoms with Crippen LogP contribution in [0, 0.1) is 25.7 Å². The van der Waals surface area contributed by atoms with E-state index in [2.05, 4.69) is 31.1 Å². The molecule has 0 aliphatic rings. The summed E-state index contributed by atoms with van der Waals surface area (Å²) in [6.07, 6.45) is 0. The van der Waals surface area contributed by atoms with E-state index in [1.807, 2.05) is 19.9 Å². The molecular weight excluding hydrogens is 282 g/mol. The fourth-order valence-electron chi connectivity index (χ4n) is 2.21. The Labute approximate surface area is 129 Å². The van der Waals surface area contributed by atoms with Gasteiger partial charge in [0.15, 0.2) is 0 Å². The summed E-state index contributed by atoms with van der Waals surface area (Å²) in [4.78, 5) is 18.2. The molecule has 2 aromatic rings. The zero-order chi connectivity index (χ0) is 15.7. The summed E-state index contributed by atoms with van der Waals surface area (Å²) in [6, 6.07) is 1.99. The number of fused-ring (bicyclic) bond motifs is 1. The van der Waals surface area contributed by atoms with Gasteiger partial charge in [-0.1, -0.05) is 20.8 Å². The van der Waals surface area contributed by atoms with Crippen molar-refractivity contribution in [3.05, 3.63) is 22.2 Å². The van der Waals surface area contributed by atoms with Crippen LogP contribution < -0.4 is 11.1 Å². The number of nitrogen functional groups attached to an aromatic ring is 1. The predicted molar refractivity (Wildman–Crippen MR) is 89.8 cm³/mol. The van der Waals surface area contributed by atoms with Crippen LogP contribution in [0.2, 0.25) is 0 Å². The Morgan fingerprint density at radius 3 is 2.67 bits per heavy atom. The Morgan fingerprint density at radius 1 is 1.38 bits per heavy atom. The van der Waals surface area contributed by atoms with Crippen molar-refractivity contribution in [2.75, 3.05) is 12.3 Å². The molecule has 0 spiro atoms. The summed E-state index contributed by atoms with van der Waals surface area (Å²) >= 11 is 1.37. The molecule has 0 aromatic carbocycles. The predicted octanol–water partition coefficient (Wildman–Crippen LogP) is 3.52. The van der Waals surface area contributed by atoms with Crippen LogP contribution in [0.3, 0.4) is 0 Å². The number of nitrogens with zero attached hydrogens (tertiary/aromatic N) is 1. The Kier molecular flexibility index (Phi) is 4.52. The van der Waals surface area contributed by atoms with Crippen molar-refractivity contribution in [1.82, 2.24) is 10.3 Å². The molecule has 0 fully saturated rings. The lowest BCUT2D eigenvalue weighted by Crippen LogP contribution is -2.30. The zero-order valence-electron chi connectivity index (χ0n) is 13.3. The highest BCUT2D eigenvalue weighted by atomic mass is 32.1. The second kappa shape index (κ2) is 6.02. The smallest absolute Gasteiger partial charge is 0.263 e. The van der Waals surface area contributed by atoms with E-state index in [0.717, 1.165) is 21.5 Å². The summed E-state index contributed by atoms with van der Waals surface area (Å²) < 4.78 is 0. The normalized spacial score (nSPS) is 12.9. The van der Waals surface area contributed by atoms with Gasteiger partial charge in [0.05, 0.1) is 5.69 Å². The van der Waals surface area contributed by atoms with E-state index in [1.54, 1.807) is 0 Å². The third-order valence-electron chi connectivity index (χ3n) is 3.95. The van der Waals surface area contributed by atoms with E-state index in [4.69, 9.17) is 5.73 Å². The first-order valence-corrected chi connectivity index (χ1v) is 8.07. The second-order valence-corrected chi connectivity index (χ2v) is 7.04. The van der Waals surface area contributed by atoms with Crippen molar-refractivity contribution in [2.45, 2.75) is 34.6 Å². The molecule has 21 heavy (non-hydrogen) atoms. The van der Waals surface area contributed by atoms with Gasteiger partial charge in [0.1, 0.15) is 9.71 Å². The number of aromatic nitrogens is 1. The number of carbonyl (C=O) groups excluding carboxylic acids is 1. The van der Waals surface area contributed by atoms with Gasteiger partial charge in [-0.15, -0.1) is 11.3 Å². The van der Waals surface area contributed by atoms with Crippen LogP contribution in [0.15, 0.2) is 6.07 Å². The highest BCUT2D eigenvalue weighted by Crippen LogP contribution is 2.34. The number of pyridine rings is 1. The van der Waals surface area contributed by atoms with Gasteiger partial charge in [0.2, 0.25) is 0 Å². The number of thiophene rings is 1. The molecular formula is C16H23N3OS. The van der Waals surface area contributed by atoms with E-state index in [9.17, 15) is 4.79 Å². The number of hydrogen-bond donors (Lipinski definition) is 2. The largest absolute Gasteiger partial charge is 0.397 e. The maximum Gasteiger partial charge on any atom is 0.263 e. The first kappa shape index (κ1) is 15.8. The molecule has 0 saturated carbocycles. The van der Waals surface area contributed by atoms with Crippen LogP contribution in [0.5, 0.6) is 0 Å². The van der Waals surface area contributed by atoms with Crippen LogP contribution in [0.1, 0.15) is 41.7 Å². The highest BCUT2D eigenvalue weighted by Gasteiger charge is 2.19. The molecule has 1 amide bonds. The summed E-state index contributed by atoms with van der Waals surface area (Å²) in [5, 5.41) is 3.89. The first-order chi connectivity index (χ1) is 9.81. The second-order valence-electron chi connectivity index (χ2n) is 6.04. The molecule has 1 unspecified atom stereocenters. The summed E-state index contributed by atoms with van der Waals surface area (Å²) in [7, 11) is 0. The Bertz CT molecular complexity index is 676. The van der Waals surface area contributed by atoms with Gasteiger partial charge in [-0.2, -0.15) is 0 Å². The number of rotatable bonds is 4. The van der Waals surface area contributed by atoms with E-state index >= 15 is 0 Å². The molecule has 0 saturated heterocycles. The number of amides is 1. The van der Waals surface area contributed by atoms with Crippen molar-refractivity contribution in [1.29, 1.82) is 0 Å². The summed E-state index contributed by atoms with van der Waals surface area (Å²) in [5.74, 6) is 0.878. The van der Waals surface area contributed by atoms with E-state index in [0.29, 0.717) is 28.9 Å². The average Bonchev–Trinajstić information content (AvgIpc) is 2.72. The fraction of sp³-hybridized carbons (Fsp3) is 0.500. The van der Waals surface area contributed by atoms with Gasteiger partial charge < -0.3 is 11.1 Å². The van der Waals surface area contributed by atoms with E-state index in [1.165, 1.54) is 11.3 Å². The molecule has 3 N–H and O–H groups in total. The number of nitrogens with two attached hydrogens (primary N) is 1. The van der Waals surface area contributed by atoms with Crippen molar-refractivity contribution in [3.8, 4) is 0 Å². The minimum Gasteiger partial charge on any atom is -0.397 e. The van der Waals surface area contributed by atoms with Crippen LogP contribution >= 0.6 is 11.3 Å². The van der Waals surface area contributed by atoms with Crippen molar-refractivity contribution in [2.24, 2.45) is 11.8 Å². The third kappa shape index (κ3) is 3.18. The topological polar surface area (TPSA) is 68.0 Å². The fourth-order valence-corrected chi connectivity index (χ4v) is 3.34. The molecule has 0 aliphatic carbocycles. The lowest BCUT2D eigenvalue weighted by molar-refractivity contribution is 0.0950. The van der Waals surface area contributed by atoms with Crippen LogP contribution in [-0.4, -0.2) is 17.4 Å². The minimum atomic E-state index is -0.0972. The number of anilines is 1. The molecule has 5 heteroatoms. The lowest BCUT2D eigenvalue weighted by Gasteiger charge is -2.15. The molecule has 2 heterocycles. The number of nitrogens with one attached hydrogen (secondary N) is 1. The summed E-state index contributed by atoms with van der Waals surface area (Å²) in [6.45, 7) is 11.1. The van der Waals surface area contributed by atoms with Gasteiger partial charge >= 0.3 is 0 Å². The van der Waals surface area contributed by atoms with Gasteiger partial charge in [-0.25, -0.2) is 4.98 Å². The van der Waals surface area contributed by atoms with Crippen molar-refractivity contribution in [3.63, 3.8) is 0 Å². The van der Waals surface area contributed by atoms with E-state index in [-0.39, 0.29) is 5.91 Å². The Hall–Kier alpha value is -1.62. The third-order valence-corrected chi connectivity index (χ3v) is 5.05. The van der Waals surface area contributed by atoms with Gasteiger partial charge in [0, 0.05) is 17.6 Å². The zero-order valence-corrected chi connectivity index (χ0v) is 14.1. The maximum absolute atomic E-state index is 12.3. The Balaban J connectivity index is 2.28. The highest BCUT2D eigenvalue weighted by molar-refractivity contribution is 7.21. The minimum absolute atomic E-state index is 0.0972. The standard InChI is InChI=1S/C16H23N3OS/c1-8(2)10(4)7-18-15(20)14-13(17)12-9(3)6-11(5)19-16(12)21-14/h6,8,10H,7,17H2,1-5H3,(H,18,20). The number of aryl methyl sites for hydroxylation is 2. The lowest BCUT2D eigenvalue weighted by atomic mass is 9.98.